The summed E-state index contributed by atoms with van der Waals surface area (Å²) in [4.78, 5) is 0. The van der Waals surface area contributed by atoms with Crippen LogP contribution < -0.4 is 5.73 Å². The number of hydrogen-bond acceptors (Lipinski definition) is 3. The smallest absolute Gasteiger partial charge is 0.330 e. The van der Waals surface area contributed by atoms with E-state index in [1.54, 1.807) is 6.92 Å². The topological polar surface area (TPSA) is 60.2 Å². The van der Waals surface area contributed by atoms with Crippen molar-refractivity contribution in [2.75, 3.05) is 18.1 Å². The molecule has 0 saturated carbocycles. The van der Waals surface area contributed by atoms with Crippen LogP contribution in [0.1, 0.15) is 26.2 Å². The zero-order chi connectivity index (χ0) is 15.3. The van der Waals surface area contributed by atoms with Gasteiger partial charge in [-0.3, -0.25) is 0 Å². The molecule has 0 spiro atoms. The Kier molecular flexibility index (Phi) is 6.67. The van der Waals surface area contributed by atoms with Gasteiger partial charge in [0.25, 0.3) is 0 Å². The highest BCUT2D eigenvalue weighted by atomic mass is 32.2. The first-order chi connectivity index (χ1) is 8.41. The Morgan fingerprint density at radius 1 is 1.16 bits per heavy atom. The van der Waals surface area contributed by atoms with Gasteiger partial charge >= 0.3 is 12.1 Å². The van der Waals surface area contributed by atoms with Crippen molar-refractivity contribution in [3.8, 4) is 0 Å². The lowest BCUT2D eigenvalue weighted by Crippen LogP contribution is -2.36. The van der Waals surface area contributed by atoms with Crippen molar-refractivity contribution in [1.82, 2.24) is 0 Å². The van der Waals surface area contributed by atoms with E-state index in [1.807, 2.05) is 0 Å². The minimum atomic E-state index is -5.64. The summed E-state index contributed by atoms with van der Waals surface area (Å²) in [7, 11) is -3.63. The molecule has 0 aromatic carbocycles. The van der Waals surface area contributed by atoms with Crippen LogP contribution in [0.15, 0.2) is 0 Å². The normalized spacial score (nSPS) is 15.5. The Labute approximate surface area is 109 Å². The molecule has 19 heavy (non-hydrogen) atoms. The van der Waals surface area contributed by atoms with Gasteiger partial charge in [0, 0.05) is 6.42 Å². The summed E-state index contributed by atoms with van der Waals surface area (Å²) in [6, 6.07) is 0. The minimum absolute atomic E-state index is 0.238. The molecule has 0 aromatic heterocycles. The summed E-state index contributed by atoms with van der Waals surface area (Å²) in [5.41, 5.74) is 5.23. The SMILES string of the molecule is CC(CCN)CS(=O)(=O)CCCC(F)(F)C(F)(F)F. The van der Waals surface area contributed by atoms with Crippen molar-refractivity contribution >= 4 is 9.84 Å². The predicted octanol–water partition coefficient (Wildman–Crippen LogP) is 2.36. The summed E-state index contributed by atoms with van der Waals surface area (Å²) in [6.45, 7) is 1.93. The lowest BCUT2D eigenvalue weighted by Gasteiger charge is -2.19. The van der Waals surface area contributed by atoms with Crippen LogP contribution in [-0.4, -0.2) is 38.6 Å². The van der Waals surface area contributed by atoms with E-state index < -0.39 is 40.5 Å². The van der Waals surface area contributed by atoms with Crippen LogP contribution in [0.5, 0.6) is 0 Å². The highest BCUT2D eigenvalue weighted by Crippen LogP contribution is 2.38. The van der Waals surface area contributed by atoms with Crippen molar-refractivity contribution in [2.45, 2.75) is 38.3 Å². The number of halogens is 5. The maximum atomic E-state index is 12.6. The molecule has 0 aliphatic rings. The predicted molar refractivity (Wildman–Crippen MR) is 61.7 cm³/mol. The molecule has 1 unspecified atom stereocenters. The molecule has 0 aliphatic heterocycles. The van der Waals surface area contributed by atoms with Gasteiger partial charge in [0.15, 0.2) is 9.84 Å². The van der Waals surface area contributed by atoms with E-state index in [1.165, 1.54) is 0 Å². The molecule has 0 amide bonds. The summed E-state index contributed by atoms with van der Waals surface area (Å²) in [6.07, 6.45) is -7.41. The first-order valence-corrected chi connectivity index (χ1v) is 7.58. The highest BCUT2D eigenvalue weighted by Gasteiger charge is 2.56. The molecule has 0 aliphatic carbocycles. The van der Waals surface area contributed by atoms with Gasteiger partial charge < -0.3 is 5.73 Å². The fraction of sp³-hybridized carbons (Fsp3) is 1.00. The summed E-state index contributed by atoms with van der Waals surface area (Å²) < 4.78 is 83.6. The van der Waals surface area contributed by atoms with Crippen LogP contribution in [0.25, 0.3) is 0 Å². The molecule has 116 valence electrons. The molecule has 1 atom stereocenters. The lowest BCUT2D eigenvalue weighted by atomic mass is 10.1. The Bertz CT molecular complexity index is 367. The number of nitrogens with two attached hydrogens (primary N) is 1. The van der Waals surface area contributed by atoms with Crippen molar-refractivity contribution in [2.24, 2.45) is 11.7 Å². The van der Waals surface area contributed by atoms with E-state index in [-0.39, 0.29) is 11.7 Å². The van der Waals surface area contributed by atoms with Crippen LogP contribution in [0.2, 0.25) is 0 Å². The first-order valence-electron chi connectivity index (χ1n) is 5.76. The second kappa shape index (κ2) is 6.83. The number of hydrogen-bond donors (Lipinski definition) is 1. The third kappa shape index (κ3) is 7.05. The third-order valence-electron chi connectivity index (χ3n) is 2.56. The molecule has 9 heteroatoms. The second-order valence-corrected chi connectivity index (χ2v) is 6.83. The van der Waals surface area contributed by atoms with Gasteiger partial charge in [0.05, 0.1) is 11.5 Å². The van der Waals surface area contributed by atoms with E-state index in [4.69, 9.17) is 5.73 Å². The second-order valence-electron chi connectivity index (χ2n) is 4.60. The molecular weight excluding hydrogens is 293 g/mol. The molecule has 0 heterocycles. The van der Waals surface area contributed by atoms with Crippen molar-refractivity contribution in [3.63, 3.8) is 0 Å². The molecular formula is C10H18F5NO2S. The molecule has 2 N–H and O–H groups in total. The maximum absolute atomic E-state index is 12.6. The Morgan fingerprint density at radius 2 is 1.68 bits per heavy atom. The number of alkyl halides is 5. The number of rotatable bonds is 8. The van der Waals surface area contributed by atoms with E-state index in [9.17, 15) is 30.4 Å². The van der Waals surface area contributed by atoms with E-state index >= 15 is 0 Å². The Balaban J connectivity index is 4.27. The highest BCUT2D eigenvalue weighted by molar-refractivity contribution is 7.91. The average molecular weight is 311 g/mol. The summed E-state index contributed by atoms with van der Waals surface area (Å²) in [5.74, 6) is -6.00. The molecule has 3 nitrogen and oxygen atoms in total. The molecule has 0 bridgehead atoms. The van der Waals surface area contributed by atoms with Crippen molar-refractivity contribution in [3.05, 3.63) is 0 Å². The van der Waals surface area contributed by atoms with Gasteiger partial charge in [0.1, 0.15) is 0 Å². The Morgan fingerprint density at radius 3 is 2.11 bits per heavy atom. The fourth-order valence-electron chi connectivity index (χ4n) is 1.54. The van der Waals surface area contributed by atoms with Gasteiger partial charge in [0.2, 0.25) is 0 Å². The third-order valence-corrected chi connectivity index (χ3v) is 4.55. The monoisotopic (exact) mass is 311 g/mol. The fourth-order valence-corrected chi connectivity index (χ4v) is 3.32. The van der Waals surface area contributed by atoms with Crippen LogP contribution >= 0.6 is 0 Å². The van der Waals surface area contributed by atoms with Crippen LogP contribution in [0, 0.1) is 5.92 Å². The van der Waals surface area contributed by atoms with Gasteiger partial charge in [-0.1, -0.05) is 6.92 Å². The number of sulfone groups is 1. The maximum Gasteiger partial charge on any atom is 0.453 e. The summed E-state index contributed by atoms with van der Waals surface area (Å²) >= 11 is 0. The van der Waals surface area contributed by atoms with Crippen LogP contribution in [-0.2, 0) is 9.84 Å². The standard InChI is InChI=1S/C10H18F5NO2S/c1-8(3-5-16)7-19(17,18)6-2-4-9(11,12)10(13,14)15/h8H,2-7,16H2,1H3. The molecule has 0 fully saturated rings. The first kappa shape index (κ1) is 18.6. The van der Waals surface area contributed by atoms with E-state index in [0.29, 0.717) is 13.0 Å². The Hall–Kier alpha value is -0.440. The van der Waals surface area contributed by atoms with Crippen LogP contribution in [0.3, 0.4) is 0 Å². The molecule has 0 saturated heterocycles. The van der Waals surface area contributed by atoms with Gasteiger partial charge in [-0.05, 0) is 25.3 Å². The van der Waals surface area contributed by atoms with Gasteiger partial charge in [-0.15, -0.1) is 0 Å². The lowest BCUT2D eigenvalue weighted by molar-refractivity contribution is -0.284. The molecule has 0 radical (unpaired) electrons. The average Bonchev–Trinajstić information content (AvgIpc) is 2.13. The van der Waals surface area contributed by atoms with Gasteiger partial charge in [-0.25, -0.2) is 8.42 Å². The minimum Gasteiger partial charge on any atom is -0.330 e. The van der Waals surface area contributed by atoms with Crippen LogP contribution in [0.4, 0.5) is 22.0 Å². The van der Waals surface area contributed by atoms with E-state index in [0.717, 1.165) is 0 Å². The zero-order valence-corrected chi connectivity index (χ0v) is 11.3. The van der Waals surface area contributed by atoms with Crippen molar-refractivity contribution in [1.29, 1.82) is 0 Å². The molecule has 0 rings (SSSR count). The molecule has 0 aromatic rings. The largest absolute Gasteiger partial charge is 0.453 e. The quantitative estimate of drug-likeness (QED) is 0.700. The van der Waals surface area contributed by atoms with Gasteiger partial charge in [-0.2, -0.15) is 22.0 Å². The van der Waals surface area contributed by atoms with Crippen molar-refractivity contribution < 1.29 is 30.4 Å². The summed E-state index contributed by atoms with van der Waals surface area (Å²) in [5, 5.41) is 0. The van der Waals surface area contributed by atoms with E-state index in [2.05, 4.69) is 0 Å². The zero-order valence-electron chi connectivity index (χ0n) is 10.5.